The topological polar surface area (TPSA) is 59.2 Å². The number of anilines is 1. The second-order valence-corrected chi connectivity index (χ2v) is 11.3. The van der Waals surface area contributed by atoms with E-state index in [1.807, 2.05) is 24.9 Å². The lowest BCUT2D eigenvalue weighted by molar-refractivity contribution is 0.101. The predicted octanol–water partition coefficient (Wildman–Crippen LogP) is 5.12. The standard InChI is InChI=1S/C29H36N6OS/c1-7-10-13-33-18-26-29(31-33)25(15-28(36)32(26)6)35-17-22(8-2)34(16-23(35)9-3)19(4)21-11-12-24-27(14-21)37-20(5)30-24/h11-12,14-15,18-19,22-23H,8-9,13,16-17H2,1-6H3/t19-,22-,23+/m1/s1. The van der Waals surface area contributed by atoms with Crippen LogP contribution in [0.4, 0.5) is 5.69 Å². The van der Waals surface area contributed by atoms with Crippen molar-refractivity contribution in [3.63, 3.8) is 0 Å². The Balaban J connectivity index is 1.50. The van der Waals surface area contributed by atoms with E-state index in [9.17, 15) is 4.79 Å². The molecule has 0 amide bonds. The fraction of sp³-hybridized carbons (Fsp3) is 0.483. The third kappa shape index (κ3) is 4.67. The minimum absolute atomic E-state index is 0.00419. The Kier molecular flexibility index (Phi) is 7.11. The minimum atomic E-state index is -0.00419. The highest BCUT2D eigenvalue weighted by molar-refractivity contribution is 7.18. The Hall–Kier alpha value is -3.15. The van der Waals surface area contributed by atoms with Gasteiger partial charge in [0.05, 0.1) is 32.6 Å². The van der Waals surface area contributed by atoms with Crippen LogP contribution in [0.3, 0.4) is 0 Å². The van der Waals surface area contributed by atoms with Gasteiger partial charge in [-0.1, -0.05) is 25.8 Å². The molecule has 0 radical (unpaired) electrons. The summed E-state index contributed by atoms with van der Waals surface area (Å²) in [6.45, 7) is 13.1. The summed E-state index contributed by atoms with van der Waals surface area (Å²) < 4.78 is 4.79. The molecule has 0 N–H and O–H groups in total. The van der Waals surface area contributed by atoms with Crippen LogP contribution in [0.1, 0.15) is 57.1 Å². The molecule has 1 aliphatic rings. The molecule has 0 aliphatic carbocycles. The zero-order chi connectivity index (χ0) is 26.3. The molecule has 0 unspecified atom stereocenters. The molecule has 1 aromatic carbocycles. The van der Waals surface area contributed by atoms with Crippen molar-refractivity contribution in [1.82, 2.24) is 24.2 Å². The van der Waals surface area contributed by atoms with E-state index in [1.54, 1.807) is 22.0 Å². The van der Waals surface area contributed by atoms with Gasteiger partial charge in [0.25, 0.3) is 5.56 Å². The van der Waals surface area contributed by atoms with E-state index < -0.39 is 0 Å². The number of piperazine rings is 1. The largest absolute Gasteiger partial charge is 0.364 e. The van der Waals surface area contributed by atoms with E-state index in [-0.39, 0.29) is 11.6 Å². The van der Waals surface area contributed by atoms with Crippen LogP contribution in [0.25, 0.3) is 21.3 Å². The summed E-state index contributed by atoms with van der Waals surface area (Å²) in [7, 11) is 1.82. The maximum Gasteiger partial charge on any atom is 0.252 e. The van der Waals surface area contributed by atoms with Crippen LogP contribution in [0.5, 0.6) is 0 Å². The highest BCUT2D eigenvalue weighted by Gasteiger charge is 2.36. The summed E-state index contributed by atoms with van der Waals surface area (Å²) in [5, 5.41) is 5.98. The number of aryl methyl sites for hydroxylation is 2. The molecule has 3 aromatic heterocycles. The predicted molar refractivity (Wildman–Crippen MR) is 153 cm³/mol. The molecule has 1 fully saturated rings. The van der Waals surface area contributed by atoms with Gasteiger partial charge in [0.1, 0.15) is 12.1 Å². The highest BCUT2D eigenvalue weighted by atomic mass is 32.1. The average Bonchev–Trinajstić information content (AvgIpc) is 3.50. The van der Waals surface area contributed by atoms with E-state index in [1.165, 1.54) is 10.3 Å². The van der Waals surface area contributed by atoms with Gasteiger partial charge in [-0.15, -0.1) is 17.3 Å². The molecule has 4 heterocycles. The summed E-state index contributed by atoms with van der Waals surface area (Å²) in [5.41, 5.74) is 5.09. The second kappa shape index (κ2) is 10.3. The van der Waals surface area contributed by atoms with Gasteiger partial charge in [-0.2, -0.15) is 5.10 Å². The maximum atomic E-state index is 13.0. The number of hydrogen-bond donors (Lipinski definition) is 0. The third-order valence-electron chi connectivity index (χ3n) is 7.84. The quantitative estimate of drug-likeness (QED) is 0.333. The van der Waals surface area contributed by atoms with Crippen molar-refractivity contribution >= 4 is 38.3 Å². The second-order valence-electron chi connectivity index (χ2n) is 10.0. The number of aromatic nitrogens is 4. The highest BCUT2D eigenvalue weighted by Crippen LogP contribution is 2.35. The Morgan fingerprint density at radius 1 is 1.16 bits per heavy atom. The van der Waals surface area contributed by atoms with Crippen molar-refractivity contribution in [2.45, 2.75) is 72.1 Å². The number of benzene rings is 1. The van der Waals surface area contributed by atoms with Gasteiger partial charge in [0, 0.05) is 44.3 Å². The van der Waals surface area contributed by atoms with Crippen LogP contribution >= 0.6 is 11.3 Å². The molecule has 0 spiro atoms. The molecule has 0 bridgehead atoms. The lowest BCUT2D eigenvalue weighted by atomic mass is 9.96. The van der Waals surface area contributed by atoms with Crippen LogP contribution in [0.2, 0.25) is 0 Å². The van der Waals surface area contributed by atoms with Gasteiger partial charge in [-0.05, 0) is 51.3 Å². The van der Waals surface area contributed by atoms with E-state index in [2.05, 4.69) is 72.5 Å². The summed E-state index contributed by atoms with van der Waals surface area (Å²) >= 11 is 1.76. The zero-order valence-electron chi connectivity index (χ0n) is 22.7. The SMILES string of the molecule is CC#CCn1cc2c(n1)c(N1C[C@@H](CC)N([C@H](C)c3ccc4nc(C)sc4c3)C[C@@H]1CC)cc(=O)n2C. The Morgan fingerprint density at radius 3 is 2.68 bits per heavy atom. The van der Waals surface area contributed by atoms with Gasteiger partial charge in [0.15, 0.2) is 0 Å². The van der Waals surface area contributed by atoms with Gasteiger partial charge >= 0.3 is 0 Å². The fourth-order valence-corrected chi connectivity index (χ4v) is 6.54. The smallest absolute Gasteiger partial charge is 0.252 e. The number of pyridine rings is 1. The van der Waals surface area contributed by atoms with Crippen molar-refractivity contribution in [3.8, 4) is 11.8 Å². The first-order valence-electron chi connectivity index (χ1n) is 13.2. The van der Waals surface area contributed by atoms with Gasteiger partial charge in [-0.3, -0.25) is 14.4 Å². The fourth-order valence-electron chi connectivity index (χ4n) is 5.66. The minimum Gasteiger partial charge on any atom is -0.364 e. The number of fused-ring (bicyclic) bond motifs is 2. The van der Waals surface area contributed by atoms with Crippen molar-refractivity contribution in [1.29, 1.82) is 0 Å². The molecule has 5 rings (SSSR count). The normalized spacial score (nSPS) is 19.4. The summed E-state index contributed by atoms with van der Waals surface area (Å²) in [6, 6.07) is 9.45. The Morgan fingerprint density at radius 2 is 1.95 bits per heavy atom. The van der Waals surface area contributed by atoms with Crippen LogP contribution in [-0.2, 0) is 13.6 Å². The molecular weight excluding hydrogens is 480 g/mol. The molecular formula is C29H36N6OS. The van der Waals surface area contributed by atoms with Gasteiger partial charge < -0.3 is 9.47 Å². The van der Waals surface area contributed by atoms with Crippen molar-refractivity contribution in [2.75, 3.05) is 18.0 Å². The molecule has 194 valence electrons. The van der Waals surface area contributed by atoms with Gasteiger partial charge in [-0.25, -0.2) is 4.98 Å². The summed E-state index contributed by atoms with van der Waals surface area (Å²) in [5.74, 6) is 6.02. The molecule has 37 heavy (non-hydrogen) atoms. The molecule has 4 aromatic rings. The molecule has 3 atom stereocenters. The number of rotatable bonds is 6. The zero-order valence-corrected chi connectivity index (χ0v) is 23.5. The number of hydrogen-bond acceptors (Lipinski definition) is 6. The first-order chi connectivity index (χ1) is 17.8. The first-order valence-corrected chi connectivity index (χ1v) is 14.0. The monoisotopic (exact) mass is 516 g/mol. The van der Waals surface area contributed by atoms with Crippen LogP contribution in [0.15, 0.2) is 35.3 Å². The molecule has 7 nitrogen and oxygen atoms in total. The molecule has 0 saturated carbocycles. The summed E-state index contributed by atoms with van der Waals surface area (Å²) in [4.78, 5) is 22.7. The Labute approximate surface area is 222 Å². The third-order valence-corrected chi connectivity index (χ3v) is 8.78. The van der Waals surface area contributed by atoms with Crippen LogP contribution < -0.4 is 10.5 Å². The van der Waals surface area contributed by atoms with Crippen molar-refractivity contribution in [2.24, 2.45) is 7.05 Å². The molecule has 8 heteroatoms. The van der Waals surface area contributed by atoms with E-state index >= 15 is 0 Å². The van der Waals surface area contributed by atoms with E-state index in [4.69, 9.17) is 5.10 Å². The summed E-state index contributed by atoms with van der Waals surface area (Å²) in [6.07, 6.45) is 3.97. The van der Waals surface area contributed by atoms with E-state index in [0.29, 0.717) is 18.6 Å². The van der Waals surface area contributed by atoms with Gasteiger partial charge in [0.2, 0.25) is 0 Å². The van der Waals surface area contributed by atoms with Crippen molar-refractivity contribution in [3.05, 3.63) is 51.4 Å². The lowest BCUT2D eigenvalue weighted by Crippen LogP contribution is -2.58. The van der Waals surface area contributed by atoms with Crippen LogP contribution in [0, 0.1) is 18.8 Å². The lowest BCUT2D eigenvalue weighted by Gasteiger charge is -2.49. The van der Waals surface area contributed by atoms with Crippen molar-refractivity contribution < 1.29 is 0 Å². The maximum absolute atomic E-state index is 13.0. The molecule has 1 aliphatic heterocycles. The molecule has 1 saturated heterocycles. The number of nitrogens with zero attached hydrogens (tertiary/aromatic N) is 6. The average molecular weight is 517 g/mol. The van der Waals surface area contributed by atoms with Crippen LogP contribution in [-0.4, -0.2) is 49.4 Å². The first kappa shape index (κ1) is 25.5. The number of thiazole rings is 1. The van der Waals surface area contributed by atoms with E-state index in [0.717, 1.165) is 53.2 Å². The Bertz CT molecular complexity index is 1550.